The van der Waals surface area contributed by atoms with E-state index < -0.39 is 5.97 Å². The maximum Gasteiger partial charge on any atom is 0.347 e. The minimum absolute atomic E-state index is 0.190. The third-order valence-corrected chi connectivity index (χ3v) is 3.88. The van der Waals surface area contributed by atoms with Crippen LogP contribution in [0, 0.1) is 0 Å². The van der Waals surface area contributed by atoms with Gasteiger partial charge in [-0.2, -0.15) is 0 Å². The lowest BCUT2D eigenvalue weighted by Crippen LogP contribution is -1.99. The number of nitrogens with zero attached hydrogens (tertiary/aromatic N) is 1. The van der Waals surface area contributed by atoms with Crippen LogP contribution in [0.1, 0.15) is 28.7 Å². The summed E-state index contributed by atoms with van der Waals surface area (Å²) in [4.78, 5) is 15.8. The number of thiazole rings is 1. The predicted molar refractivity (Wildman–Crippen MR) is 81.0 cm³/mol. The number of benzene rings is 1. The second-order valence-corrected chi connectivity index (χ2v) is 5.40. The first kappa shape index (κ1) is 15.5. The summed E-state index contributed by atoms with van der Waals surface area (Å²) >= 11 is 1.15. The molecular weight excluding hydrogens is 290 g/mol. The highest BCUT2D eigenvalue weighted by Gasteiger charge is 2.18. The normalized spacial score (nSPS) is 10.6. The van der Waals surface area contributed by atoms with E-state index in [4.69, 9.17) is 9.47 Å². The van der Waals surface area contributed by atoms with E-state index >= 15 is 0 Å². The largest absolute Gasteiger partial charge is 0.494 e. The van der Waals surface area contributed by atoms with Gasteiger partial charge in [0.25, 0.3) is 0 Å². The first-order chi connectivity index (χ1) is 10.2. The van der Waals surface area contributed by atoms with Crippen LogP contribution in [0.25, 0.3) is 10.6 Å². The van der Waals surface area contributed by atoms with Crippen molar-refractivity contribution in [3.8, 4) is 16.3 Å². The van der Waals surface area contributed by atoms with Crippen molar-refractivity contribution in [2.75, 3.05) is 13.7 Å². The number of aromatic carboxylic acids is 1. The Labute approximate surface area is 127 Å². The number of carboxylic acid groups (broad SMARTS) is 1. The van der Waals surface area contributed by atoms with Gasteiger partial charge in [-0.05, 0) is 30.7 Å². The summed E-state index contributed by atoms with van der Waals surface area (Å²) in [5, 5.41) is 9.86. The zero-order valence-electron chi connectivity index (χ0n) is 12.0. The Balaban J connectivity index is 2.25. The molecule has 0 spiro atoms. The lowest BCUT2D eigenvalue weighted by molar-refractivity contribution is 0.0697. The summed E-state index contributed by atoms with van der Waals surface area (Å²) < 4.78 is 10.5. The fourth-order valence-electron chi connectivity index (χ4n) is 1.79. The number of methoxy groups -OCH3 is 1. The zero-order chi connectivity index (χ0) is 15.2. The van der Waals surface area contributed by atoms with E-state index in [0.717, 1.165) is 29.1 Å². The molecule has 112 valence electrons. The Bertz CT molecular complexity index is 607. The number of carboxylic acids is 1. The van der Waals surface area contributed by atoms with E-state index in [1.807, 2.05) is 24.3 Å². The molecule has 1 N–H and O–H groups in total. The van der Waals surface area contributed by atoms with Gasteiger partial charge in [-0.1, -0.05) is 6.92 Å². The molecule has 2 rings (SSSR count). The number of hydrogen-bond donors (Lipinski definition) is 1. The molecule has 0 radical (unpaired) electrons. The molecule has 1 aromatic carbocycles. The quantitative estimate of drug-likeness (QED) is 0.848. The molecule has 0 aliphatic rings. The molecule has 5 nitrogen and oxygen atoms in total. The van der Waals surface area contributed by atoms with Gasteiger partial charge in [0.15, 0.2) is 0 Å². The van der Waals surface area contributed by atoms with Crippen molar-refractivity contribution in [1.82, 2.24) is 4.98 Å². The summed E-state index contributed by atoms with van der Waals surface area (Å²) in [6, 6.07) is 7.49. The fourth-order valence-corrected chi connectivity index (χ4v) is 2.70. The molecule has 0 atom stereocenters. The Morgan fingerprint density at radius 1 is 1.33 bits per heavy atom. The van der Waals surface area contributed by atoms with Gasteiger partial charge in [-0.15, -0.1) is 11.3 Å². The highest BCUT2D eigenvalue weighted by molar-refractivity contribution is 7.17. The summed E-state index contributed by atoms with van der Waals surface area (Å²) in [6.07, 6.45) is 0.955. The van der Waals surface area contributed by atoms with E-state index in [1.54, 1.807) is 0 Å². The van der Waals surface area contributed by atoms with E-state index in [2.05, 4.69) is 11.9 Å². The van der Waals surface area contributed by atoms with E-state index in [0.29, 0.717) is 17.3 Å². The van der Waals surface area contributed by atoms with Gasteiger partial charge < -0.3 is 14.6 Å². The van der Waals surface area contributed by atoms with Gasteiger partial charge in [0.2, 0.25) is 0 Å². The second-order valence-electron chi connectivity index (χ2n) is 4.41. The van der Waals surface area contributed by atoms with Crippen molar-refractivity contribution < 1.29 is 19.4 Å². The van der Waals surface area contributed by atoms with Crippen molar-refractivity contribution in [3.05, 3.63) is 34.8 Å². The van der Waals surface area contributed by atoms with Gasteiger partial charge >= 0.3 is 5.97 Å². The Kier molecular flexibility index (Phi) is 5.30. The minimum atomic E-state index is -0.978. The van der Waals surface area contributed by atoms with Crippen molar-refractivity contribution in [3.63, 3.8) is 0 Å². The second kappa shape index (κ2) is 7.19. The molecule has 1 heterocycles. The number of aromatic nitrogens is 1. The zero-order valence-corrected chi connectivity index (χ0v) is 12.8. The maximum atomic E-state index is 11.2. The van der Waals surface area contributed by atoms with Gasteiger partial charge in [0, 0.05) is 12.7 Å². The molecule has 0 bridgehead atoms. The lowest BCUT2D eigenvalue weighted by Gasteiger charge is -2.04. The molecule has 0 unspecified atom stereocenters. The molecule has 6 heteroatoms. The van der Waals surface area contributed by atoms with Crippen LogP contribution in [-0.4, -0.2) is 29.8 Å². The molecule has 0 aliphatic heterocycles. The molecule has 1 aromatic heterocycles. The third kappa shape index (κ3) is 3.80. The van der Waals surface area contributed by atoms with Crippen LogP contribution in [0.5, 0.6) is 5.75 Å². The minimum Gasteiger partial charge on any atom is -0.494 e. The Morgan fingerprint density at radius 3 is 2.62 bits per heavy atom. The molecule has 0 saturated heterocycles. The van der Waals surface area contributed by atoms with Gasteiger partial charge in [0.05, 0.1) is 18.9 Å². The molecular formula is C15H17NO4S. The van der Waals surface area contributed by atoms with Crippen LogP contribution >= 0.6 is 11.3 Å². The third-order valence-electron chi connectivity index (χ3n) is 2.75. The van der Waals surface area contributed by atoms with E-state index in [9.17, 15) is 9.90 Å². The van der Waals surface area contributed by atoms with Crippen LogP contribution < -0.4 is 4.74 Å². The SMILES string of the molecule is CCCOc1ccc(-c2nc(COC)c(C(=O)O)s2)cc1. The summed E-state index contributed by atoms with van der Waals surface area (Å²) in [7, 11) is 1.52. The Hall–Kier alpha value is -1.92. The van der Waals surface area contributed by atoms with Gasteiger partial charge in [-0.25, -0.2) is 9.78 Å². The highest BCUT2D eigenvalue weighted by Crippen LogP contribution is 2.29. The molecule has 0 saturated carbocycles. The number of hydrogen-bond acceptors (Lipinski definition) is 5. The number of rotatable bonds is 7. The standard InChI is InChI=1S/C15H17NO4S/c1-3-8-20-11-6-4-10(5-7-11)14-16-12(9-19-2)13(21-14)15(17)18/h4-7H,3,8-9H2,1-2H3,(H,17,18). The maximum absolute atomic E-state index is 11.2. The lowest BCUT2D eigenvalue weighted by atomic mass is 10.2. The van der Waals surface area contributed by atoms with Crippen LogP contribution in [0.2, 0.25) is 0 Å². The topological polar surface area (TPSA) is 68.7 Å². The first-order valence-corrected chi connectivity index (χ1v) is 7.42. The van der Waals surface area contributed by atoms with Crippen molar-refractivity contribution in [1.29, 1.82) is 0 Å². The van der Waals surface area contributed by atoms with Crippen molar-refractivity contribution in [2.24, 2.45) is 0 Å². The molecule has 21 heavy (non-hydrogen) atoms. The summed E-state index contributed by atoms with van der Waals surface area (Å²) in [5.74, 6) is -0.179. The summed E-state index contributed by atoms with van der Waals surface area (Å²) in [5.41, 5.74) is 1.32. The number of carbonyl (C=O) groups is 1. The monoisotopic (exact) mass is 307 g/mol. The van der Waals surface area contributed by atoms with Crippen LogP contribution in [0.15, 0.2) is 24.3 Å². The predicted octanol–water partition coefficient (Wildman–Crippen LogP) is 3.44. The Morgan fingerprint density at radius 2 is 2.05 bits per heavy atom. The van der Waals surface area contributed by atoms with Gasteiger partial charge in [-0.3, -0.25) is 0 Å². The highest BCUT2D eigenvalue weighted by atomic mass is 32.1. The molecule has 0 amide bonds. The van der Waals surface area contributed by atoms with E-state index in [1.165, 1.54) is 7.11 Å². The number of ether oxygens (including phenoxy) is 2. The van der Waals surface area contributed by atoms with Crippen LogP contribution in [-0.2, 0) is 11.3 Å². The average Bonchev–Trinajstić information content (AvgIpc) is 2.90. The smallest absolute Gasteiger partial charge is 0.347 e. The van der Waals surface area contributed by atoms with Gasteiger partial charge in [0.1, 0.15) is 15.6 Å². The van der Waals surface area contributed by atoms with Crippen molar-refractivity contribution >= 4 is 17.3 Å². The molecule has 0 aliphatic carbocycles. The molecule has 2 aromatic rings. The van der Waals surface area contributed by atoms with Crippen LogP contribution in [0.3, 0.4) is 0 Å². The first-order valence-electron chi connectivity index (χ1n) is 6.60. The molecule has 0 fully saturated rings. The summed E-state index contributed by atoms with van der Waals surface area (Å²) in [6.45, 7) is 2.92. The average molecular weight is 307 g/mol. The van der Waals surface area contributed by atoms with E-state index in [-0.39, 0.29) is 11.5 Å². The van der Waals surface area contributed by atoms with Crippen molar-refractivity contribution in [2.45, 2.75) is 20.0 Å². The fraction of sp³-hybridized carbons (Fsp3) is 0.333. The van der Waals surface area contributed by atoms with Crippen LogP contribution in [0.4, 0.5) is 0 Å².